The summed E-state index contributed by atoms with van der Waals surface area (Å²) in [5, 5.41) is 7.43. The number of halogens is 2. The smallest absolute Gasteiger partial charge is 0.323 e. The molecule has 0 atom stereocenters. The number of amides is 1. The molecule has 0 radical (unpaired) electrons. The monoisotopic (exact) mass is 398 g/mol. The number of nitrogens with zero attached hydrogens (tertiary/aromatic N) is 3. The topological polar surface area (TPSA) is 68.9 Å². The molecular formula is C15H16BrClN4O2. The molecule has 1 aliphatic heterocycles. The van der Waals surface area contributed by atoms with Crippen LogP contribution >= 0.6 is 27.5 Å². The van der Waals surface area contributed by atoms with Gasteiger partial charge in [-0.25, -0.2) is 9.48 Å². The van der Waals surface area contributed by atoms with Crippen molar-refractivity contribution in [1.82, 2.24) is 14.3 Å². The van der Waals surface area contributed by atoms with E-state index in [4.69, 9.17) is 11.6 Å². The lowest BCUT2D eigenvalue weighted by molar-refractivity contribution is -0.117. The summed E-state index contributed by atoms with van der Waals surface area (Å²) < 4.78 is 3.73. The quantitative estimate of drug-likeness (QED) is 0.863. The lowest BCUT2D eigenvalue weighted by Crippen LogP contribution is -2.30. The maximum atomic E-state index is 12.3. The Hall–Kier alpha value is -1.60. The first-order chi connectivity index (χ1) is 11.0. The van der Waals surface area contributed by atoms with Gasteiger partial charge >= 0.3 is 5.69 Å². The van der Waals surface area contributed by atoms with Gasteiger partial charge in [-0.3, -0.25) is 9.36 Å². The summed E-state index contributed by atoms with van der Waals surface area (Å²) in [7, 11) is 0. The van der Waals surface area contributed by atoms with Gasteiger partial charge in [-0.15, -0.1) is 0 Å². The van der Waals surface area contributed by atoms with E-state index >= 15 is 0 Å². The molecule has 8 heteroatoms. The standard InChI is InChI=1S/C15H16BrClN4O2/c16-10-5-6-12(11(17)8-10)18-14(22)9-21-15(23)20-7-3-1-2-4-13(20)19-21/h5-6,8H,1-4,7,9H2,(H,18,22). The van der Waals surface area contributed by atoms with E-state index in [9.17, 15) is 9.59 Å². The van der Waals surface area contributed by atoms with Gasteiger partial charge in [0.2, 0.25) is 5.91 Å². The average Bonchev–Trinajstić information content (AvgIpc) is 2.68. The first kappa shape index (κ1) is 16.3. The van der Waals surface area contributed by atoms with Crippen molar-refractivity contribution in [2.45, 2.75) is 38.8 Å². The number of anilines is 1. The zero-order valence-electron chi connectivity index (χ0n) is 12.4. The average molecular weight is 400 g/mol. The van der Waals surface area contributed by atoms with Crippen LogP contribution in [0.3, 0.4) is 0 Å². The van der Waals surface area contributed by atoms with Crippen molar-refractivity contribution in [3.05, 3.63) is 44.0 Å². The number of aryl methyl sites for hydroxylation is 1. The molecule has 1 amide bonds. The van der Waals surface area contributed by atoms with Gasteiger partial charge in [-0.05, 0) is 31.0 Å². The predicted octanol–water partition coefficient (Wildman–Crippen LogP) is 2.83. The Morgan fingerprint density at radius 2 is 2.17 bits per heavy atom. The molecule has 0 saturated carbocycles. The molecule has 6 nitrogen and oxygen atoms in total. The van der Waals surface area contributed by atoms with Crippen LogP contribution in [0.1, 0.15) is 25.1 Å². The molecule has 0 fully saturated rings. The van der Waals surface area contributed by atoms with Gasteiger partial charge in [-0.2, -0.15) is 5.10 Å². The molecule has 3 rings (SSSR count). The van der Waals surface area contributed by atoms with Crippen LogP contribution in [0.4, 0.5) is 5.69 Å². The number of carbonyl (C=O) groups excluding carboxylic acids is 1. The Kier molecular flexibility index (Phi) is 4.87. The number of benzene rings is 1. The minimum atomic E-state index is -0.329. The van der Waals surface area contributed by atoms with Crippen molar-refractivity contribution in [3.8, 4) is 0 Å². The minimum absolute atomic E-state index is 0.120. The maximum absolute atomic E-state index is 12.3. The number of carbonyl (C=O) groups is 1. The summed E-state index contributed by atoms with van der Waals surface area (Å²) in [4.78, 5) is 24.5. The second-order valence-electron chi connectivity index (χ2n) is 5.49. The van der Waals surface area contributed by atoms with Crippen LogP contribution in [0.25, 0.3) is 0 Å². The Morgan fingerprint density at radius 3 is 2.96 bits per heavy atom. The van der Waals surface area contributed by atoms with Crippen molar-refractivity contribution in [2.75, 3.05) is 5.32 Å². The molecule has 0 aliphatic carbocycles. The summed E-state index contributed by atoms with van der Waals surface area (Å²) in [6.07, 6.45) is 3.88. The number of fused-ring (bicyclic) bond motifs is 1. The number of hydrogen-bond donors (Lipinski definition) is 1. The fourth-order valence-corrected chi connectivity index (χ4v) is 3.37. The summed E-state index contributed by atoms with van der Waals surface area (Å²) in [5.41, 5.74) is 0.285. The van der Waals surface area contributed by atoms with Gasteiger partial charge in [0.25, 0.3) is 0 Å². The van der Waals surface area contributed by atoms with Crippen molar-refractivity contribution in [1.29, 1.82) is 0 Å². The Bertz CT molecular complexity index is 799. The summed E-state index contributed by atoms with van der Waals surface area (Å²) in [6.45, 7) is 0.555. The summed E-state index contributed by atoms with van der Waals surface area (Å²) in [5.74, 6) is 0.437. The van der Waals surface area contributed by atoms with E-state index in [2.05, 4.69) is 26.3 Å². The number of aromatic nitrogens is 3. The summed E-state index contributed by atoms with van der Waals surface area (Å²) >= 11 is 9.38. The van der Waals surface area contributed by atoms with E-state index in [-0.39, 0.29) is 18.1 Å². The second kappa shape index (κ2) is 6.88. The third kappa shape index (κ3) is 3.67. The third-order valence-electron chi connectivity index (χ3n) is 3.78. The van der Waals surface area contributed by atoms with E-state index in [0.717, 1.165) is 36.0 Å². The van der Waals surface area contributed by atoms with E-state index in [1.54, 1.807) is 22.8 Å². The molecule has 1 aliphatic rings. The molecule has 0 bridgehead atoms. The van der Waals surface area contributed by atoms with Crippen LogP contribution in [0, 0.1) is 0 Å². The van der Waals surface area contributed by atoms with Gasteiger partial charge in [0.05, 0.1) is 10.7 Å². The molecular weight excluding hydrogens is 384 g/mol. The molecule has 2 aromatic rings. The predicted molar refractivity (Wildman–Crippen MR) is 91.8 cm³/mol. The van der Waals surface area contributed by atoms with Crippen LogP contribution < -0.4 is 11.0 Å². The van der Waals surface area contributed by atoms with Crippen molar-refractivity contribution >= 4 is 39.1 Å². The molecule has 23 heavy (non-hydrogen) atoms. The fourth-order valence-electron chi connectivity index (χ4n) is 2.64. The molecule has 0 spiro atoms. The first-order valence-electron chi connectivity index (χ1n) is 7.46. The van der Waals surface area contributed by atoms with E-state index in [0.29, 0.717) is 17.3 Å². The SMILES string of the molecule is O=C(Cn1nc2n(c1=O)CCCCC2)Nc1ccc(Br)cc1Cl. The molecule has 1 N–H and O–H groups in total. The summed E-state index contributed by atoms with van der Waals surface area (Å²) in [6, 6.07) is 5.18. The zero-order valence-corrected chi connectivity index (χ0v) is 14.7. The molecule has 2 heterocycles. The Morgan fingerprint density at radius 1 is 1.35 bits per heavy atom. The lowest BCUT2D eigenvalue weighted by atomic mass is 10.2. The van der Waals surface area contributed by atoms with Gasteiger partial charge in [0, 0.05) is 17.4 Å². The molecule has 0 saturated heterocycles. The van der Waals surface area contributed by atoms with Gasteiger partial charge < -0.3 is 5.32 Å². The number of hydrogen-bond acceptors (Lipinski definition) is 3. The Balaban J connectivity index is 1.74. The van der Waals surface area contributed by atoms with Crippen molar-refractivity contribution < 1.29 is 4.79 Å². The van der Waals surface area contributed by atoms with Crippen molar-refractivity contribution in [3.63, 3.8) is 0 Å². The molecule has 1 aromatic carbocycles. The molecule has 1 aromatic heterocycles. The minimum Gasteiger partial charge on any atom is -0.323 e. The van der Waals surface area contributed by atoms with Crippen molar-refractivity contribution in [2.24, 2.45) is 0 Å². The zero-order chi connectivity index (χ0) is 16.4. The third-order valence-corrected chi connectivity index (χ3v) is 4.59. The van der Waals surface area contributed by atoms with Crippen LogP contribution in [0.2, 0.25) is 5.02 Å². The van der Waals surface area contributed by atoms with Crippen LogP contribution in [0.5, 0.6) is 0 Å². The Labute approximate surface area is 146 Å². The number of rotatable bonds is 3. The highest BCUT2D eigenvalue weighted by Gasteiger charge is 2.17. The van der Waals surface area contributed by atoms with E-state index < -0.39 is 0 Å². The van der Waals surface area contributed by atoms with Gasteiger partial charge in [0.15, 0.2) is 0 Å². The number of nitrogens with one attached hydrogen (secondary N) is 1. The largest absolute Gasteiger partial charge is 0.346 e. The highest BCUT2D eigenvalue weighted by atomic mass is 79.9. The second-order valence-corrected chi connectivity index (χ2v) is 6.81. The fraction of sp³-hybridized carbons (Fsp3) is 0.400. The maximum Gasteiger partial charge on any atom is 0.346 e. The van der Waals surface area contributed by atoms with Gasteiger partial charge in [0.1, 0.15) is 12.4 Å². The first-order valence-corrected chi connectivity index (χ1v) is 8.63. The highest BCUT2D eigenvalue weighted by molar-refractivity contribution is 9.10. The van der Waals surface area contributed by atoms with E-state index in [1.807, 2.05) is 0 Å². The normalized spacial score (nSPS) is 14.2. The van der Waals surface area contributed by atoms with Crippen LogP contribution in [-0.2, 0) is 24.3 Å². The lowest BCUT2D eigenvalue weighted by Gasteiger charge is -2.07. The van der Waals surface area contributed by atoms with Crippen LogP contribution in [-0.4, -0.2) is 20.3 Å². The molecule has 122 valence electrons. The molecule has 0 unspecified atom stereocenters. The van der Waals surface area contributed by atoms with Crippen LogP contribution in [0.15, 0.2) is 27.5 Å². The highest BCUT2D eigenvalue weighted by Crippen LogP contribution is 2.25. The van der Waals surface area contributed by atoms with Gasteiger partial charge in [-0.1, -0.05) is 34.0 Å². The van der Waals surface area contributed by atoms with E-state index in [1.165, 1.54) is 4.68 Å².